The molecule has 0 aromatic heterocycles. The van der Waals surface area contributed by atoms with Crippen molar-refractivity contribution in [2.75, 3.05) is 48.3 Å². The van der Waals surface area contributed by atoms with Gasteiger partial charge in [-0.3, -0.25) is 0 Å². The van der Waals surface area contributed by atoms with Gasteiger partial charge in [0.2, 0.25) is 0 Å². The molecule has 1 aromatic rings. The molecule has 1 aliphatic rings. The number of hydrogen-bond acceptors (Lipinski definition) is 3. The van der Waals surface area contributed by atoms with Crippen LogP contribution in [0, 0.1) is 11.6 Å². The van der Waals surface area contributed by atoms with Crippen molar-refractivity contribution in [2.45, 2.75) is 18.8 Å². The van der Waals surface area contributed by atoms with Crippen LogP contribution in [0.25, 0.3) is 0 Å². The van der Waals surface area contributed by atoms with Crippen molar-refractivity contribution >= 4 is 0 Å². The summed E-state index contributed by atoms with van der Waals surface area (Å²) in [5.74, 6) is -1.16. The zero-order chi connectivity index (χ0) is 18.6. The summed E-state index contributed by atoms with van der Waals surface area (Å²) in [6.45, 7) is 1.86. The Labute approximate surface area is 150 Å². The van der Waals surface area contributed by atoms with E-state index in [-0.39, 0.29) is 5.92 Å². The first-order valence-electron chi connectivity index (χ1n) is 8.67. The lowest BCUT2D eigenvalue weighted by Gasteiger charge is -2.33. The molecule has 25 heavy (non-hydrogen) atoms. The third-order valence-electron chi connectivity index (χ3n) is 4.51. The molecule has 3 nitrogen and oxygen atoms in total. The Morgan fingerprint density at radius 3 is 1.68 bits per heavy atom. The van der Waals surface area contributed by atoms with Crippen molar-refractivity contribution in [3.8, 4) is 0 Å². The van der Waals surface area contributed by atoms with Crippen molar-refractivity contribution < 1.29 is 8.78 Å². The average molecular weight is 349 g/mol. The van der Waals surface area contributed by atoms with Gasteiger partial charge in [0.15, 0.2) is 0 Å². The van der Waals surface area contributed by atoms with E-state index in [1.54, 1.807) is 0 Å². The lowest BCUT2D eigenvalue weighted by molar-refractivity contribution is 0.359. The highest BCUT2D eigenvalue weighted by Crippen LogP contribution is 2.32. The minimum atomic E-state index is -0.527. The number of benzene rings is 1. The Morgan fingerprint density at radius 1 is 0.840 bits per heavy atom. The van der Waals surface area contributed by atoms with Crippen LogP contribution in [0.3, 0.4) is 0 Å². The van der Waals surface area contributed by atoms with E-state index in [1.165, 1.54) is 23.5 Å². The average Bonchev–Trinajstić information content (AvgIpc) is 2.51. The van der Waals surface area contributed by atoms with Crippen LogP contribution in [-0.2, 0) is 0 Å². The van der Waals surface area contributed by atoms with Gasteiger partial charge in [0.1, 0.15) is 11.6 Å². The van der Waals surface area contributed by atoms with Crippen molar-refractivity contribution in [3.05, 3.63) is 58.9 Å². The van der Waals surface area contributed by atoms with E-state index < -0.39 is 11.6 Å². The molecule has 1 aliphatic heterocycles. The second-order valence-electron chi connectivity index (χ2n) is 7.21. The summed E-state index contributed by atoms with van der Waals surface area (Å²) in [7, 11) is 10.3. The van der Waals surface area contributed by atoms with Crippen LogP contribution >= 0.6 is 0 Å². The van der Waals surface area contributed by atoms with Gasteiger partial charge in [-0.15, -0.1) is 0 Å². The first-order chi connectivity index (χ1) is 11.8. The zero-order valence-corrected chi connectivity index (χ0v) is 15.9. The van der Waals surface area contributed by atoms with Gasteiger partial charge in [-0.05, 0) is 45.9 Å². The third kappa shape index (κ3) is 5.65. The second kappa shape index (κ2) is 8.59. The molecule has 1 heterocycles. The molecule has 0 N–H and O–H groups in total. The Bertz CT molecular complexity index is 600. The van der Waals surface area contributed by atoms with Gasteiger partial charge in [-0.25, -0.2) is 8.78 Å². The summed E-state index contributed by atoms with van der Waals surface area (Å²) >= 11 is 0. The van der Waals surface area contributed by atoms with Gasteiger partial charge in [0.25, 0.3) is 0 Å². The van der Waals surface area contributed by atoms with Crippen molar-refractivity contribution in [1.29, 1.82) is 0 Å². The number of halogens is 2. The van der Waals surface area contributed by atoms with Gasteiger partial charge < -0.3 is 14.7 Å². The minimum absolute atomic E-state index is 0.101. The minimum Gasteiger partial charge on any atom is -0.352 e. The van der Waals surface area contributed by atoms with E-state index in [0.29, 0.717) is 5.56 Å². The Hall–Kier alpha value is -1.72. The molecule has 0 saturated carbocycles. The monoisotopic (exact) mass is 349 g/mol. The Balaban J connectivity index is 2.32. The quantitative estimate of drug-likeness (QED) is 0.744. The SMILES string of the molecule is CN(C)CCC1=CC(c2cc(F)cc(F)c2)C=C(CCN(C)C)N1C. The van der Waals surface area contributed by atoms with E-state index in [9.17, 15) is 8.78 Å². The molecule has 0 bridgehead atoms. The highest BCUT2D eigenvalue weighted by Gasteiger charge is 2.21. The van der Waals surface area contributed by atoms with E-state index in [1.807, 2.05) is 28.2 Å². The summed E-state index contributed by atoms with van der Waals surface area (Å²) in [6, 6.07) is 3.78. The van der Waals surface area contributed by atoms with Crippen LogP contribution in [0.2, 0.25) is 0 Å². The fourth-order valence-corrected chi connectivity index (χ4v) is 3.01. The summed E-state index contributed by atoms with van der Waals surface area (Å²) in [6.07, 6.45) is 6.04. The lowest BCUT2D eigenvalue weighted by Crippen LogP contribution is -2.27. The molecule has 0 aliphatic carbocycles. The fourth-order valence-electron chi connectivity index (χ4n) is 3.01. The first kappa shape index (κ1) is 19.6. The predicted molar refractivity (Wildman–Crippen MR) is 99.4 cm³/mol. The smallest absolute Gasteiger partial charge is 0.126 e. The first-order valence-corrected chi connectivity index (χ1v) is 8.67. The molecular formula is C20H29F2N3. The summed E-state index contributed by atoms with van der Waals surface area (Å²) in [4.78, 5) is 6.51. The molecule has 5 heteroatoms. The lowest BCUT2D eigenvalue weighted by atomic mass is 9.92. The second-order valence-corrected chi connectivity index (χ2v) is 7.21. The summed E-state index contributed by atoms with van der Waals surface area (Å²) < 4.78 is 27.3. The molecule has 0 fully saturated rings. The van der Waals surface area contributed by atoms with E-state index >= 15 is 0 Å². The molecule has 0 atom stereocenters. The Morgan fingerprint density at radius 2 is 1.28 bits per heavy atom. The molecule has 0 saturated heterocycles. The van der Waals surface area contributed by atoms with Crippen LogP contribution < -0.4 is 0 Å². The van der Waals surface area contributed by atoms with Gasteiger partial charge in [0, 0.05) is 56.4 Å². The summed E-state index contributed by atoms with van der Waals surface area (Å²) in [5, 5.41) is 0. The van der Waals surface area contributed by atoms with Crippen LogP contribution in [0.4, 0.5) is 8.78 Å². The number of nitrogens with zero attached hydrogens (tertiary/aromatic N) is 3. The van der Waals surface area contributed by atoms with Gasteiger partial charge in [0.05, 0.1) is 0 Å². The standard InChI is InChI=1S/C20H29F2N3/c1-23(2)8-6-19-12-16(15-10-17(21)14-18(22)11-15)13-20(25(19)5)7-9-24(3)4/h10-14,16H,6-9H2,1-5H3. The molecular weight excluding hydrogens is 320 g/mol. The van der Waals surface area contributed by atoms with E-state index in [4.69, 9.17) is 0 Å². The normalized spacial score (nSPS) is 15.8. The molecule has 2 rings (SSSR count). The predicted octanol–water partition coefficient (Wildman–Crippen LogP) is 3.67. The topological polar surface area (TPSA) is 9.72 Å². The largest absolute Gasteiger partial charge is 0.352 e. The van der Waals surface area contributed by atoms with Crippen LogP contribution in [0.1, 0.15) is 24.3 Å². The van der Waals surface area contributed by atoms with Crippen LogP contribution in [-0.4, -0.2) is 63.0 Å². The molecule has 0 spiro atoms. The van der Waals surface area contributed by atoms with E-state index in [0.717, 1.165) is 32.0 Å². The molecule has 1 aromatic carbocycles. The molecule has 0 unspecified atom stereocenters. The maximum absolute atomic E-state index is 13.7. The third-order valence-corrected chi connectivity index (χ3v) is 4.51. The maximum Gasteiger partial charge on any atom is 0.126 e. The Kier molecular flexibility index (Phi) is 6.73. The molecule has 138 valence electrons. The van der Waals surface area contributed by atoms with E-state index in [2.05, 4.69) is 33.9 Å². The van der Waals surface area contributed by atoms with Crippen molar-refractivity contribution in [1.82, 2.24) is 14.7 Å². The highest BCUT2D eigenvalue weighted by atomic mass is 19.1. The van der Waals surface area contributed by atoms with Crippen molar-refractivity contribution in [3.63, 3.8) is 0 Å². The number of allylic oxidation sites excluding steroid dienone is 2. The van der Waals surface area contributed by atoms with Gasteiger partial charge >= 0.3 is 0 Å². The van der Waals surface area contributed by atoms with Crippen LogP contribution in [0.15, 0.2) is 41.7 Å². The van der Waals surface area contributed by atoms with Gasteiger partial charge in [-0.1, -0.05) is 12.2 Å². The maximum atomic E-state index is 13.7. The van der Waals surface area contributed by atoms with Crippen molar-refractivity contribution in [2.24, 2.45) is 0 Å². The van der Waals surface area contributed by atoms with Gasteiger partial charge in [-0.2, -0.15) is 0 Å². The zero-order valence-electron chi connectivity index (χ0n) is 15.9. The highest BCUT2D eigenvalue weighted by molar-refractivity contribution is 5.36. The van der Waals surface area contributed by atoms with Crippen LogP contribution in [0.5, 0.6) is 0 Å². The molecule has 0 radical (unpaired) electrons. The molecule has 0 amide bonds. The summed E-state index contributed by atoms with van der Waals surface area (Å²) in [5.41, 5.74) is 3.05. The number of hydrogen-bond donors (Lipinski definition) is 0. The number of rotatable bonds is 7. The fraction of sp³-hybridized carbons (Fsp3) is 0.500.